The Balaban J connectivity index is 2.42. The zero-order valence-corrected chi connectivity index (χ0v) is 21.6. The van der Waals surface area contributed by atoms with Gasteiger partial charge in [-0.05, 0) is 63.1 Å². The van der Waals surface area contributed by atoms with E-state index in [4.69, 9.17) is 23.2 Å². The molecule has 0 saturated heterocycles. The molecule has 0 aliphatic heterocycles. The molecule has 0 aliphatic rings. The highest BCUT2D eigenvalue weighted by atomic mass is 35.5. The van der Waals surface area contributed by atoms with Gasteiger partial charge in [0.2, 0.25) is 21.8 Å². The molecule has 2 amide bonds. The second-order valence-corrected chi connectivity index (χ2v) is 11.0. The third kappa shape index (κ3) is 7.62. The maximum atomic E-state index is 13.5. The van der Waals surface area contributed by atoms with Gasteiger partial charge in [-0.1, -0.05) is 41.4 Å². The number of amides is 2. The Labute approximate surface area is 205 Å². The van der Waals surface area contributed by atoms with Crippen molar-refractivity contribution in [1.29, 1.82) is 0 Å². The molecule has 33 heavy (non-hydrogen) atoms. The number of anilines is 1. The molecule has 7 nitrogen and oxygen atoms in total. The molecule has 0 unspecified atom stereocenters. The molecule has 0 spiro atoms. The fourth-order valence-electron chi connectivity index (χ4n) is 3.22. The number of rotatable bonds is 9. The minimum absolute atomic E-state index is 0.106. The highest BCUT2D eigenvalue weighted by Gasteiger charge is 2.30. The van der Waals surface area contributed by atoms with Gasteiger partial charge in [0, 0.05) is 22.6 Å². The van der Waals surface area contributed by atoms with Crippen LogP contribution in [0, 0.1) is 6.92 Å². The van der Waals surface area contributed by atoms with E-state index in [1.165, 1.54) is 11.0 Å². The maximum absolute atomic E-state index is 13.5. The number of halogens is 2. The molecule has 10 heteroatoms. The molecule has 0 saturated carbocycles. The SMILES string of the molecule is Cc1ccc(Cl)cc1N(CC(=O)N(Cc1ccc(Cl)cc1)[C@@H](C)C(=O)NC(C)C)S(C)(=O)=O. The van der Waals surface area contributed by atoms with Crippen molar-refractivity contribution in [3.63, 3.8) is 0 Å². The summed E-state index contributed by atoms with van der Waals surface area (Å²) in [4.78, 5) is 27.5. The predicted molar refractivity (Wildman–Crippen MR) is 133 cm³/mol. The normalized spacial score (nSPS) is 12.4. The molecule has 1 N–H and O–H groups in total. The van der Waals surface area contributed by atoms with Crippen molar-refractivity contribution >= 4 is 50.7 Å². The smallest absolute Gasteiger partial charge is 0.244 e. The monoisotopic (exact) mass is 513 g/mol. The lowest BCUT2D eigenvalue weighted by molar-refractivity contribution is -0.139. The van der Waals surface area contributed by atoms with E-state index < -0.39 is 28.5 Å². The second kappa shape index (κ2) is 11.2. The molecule has 2 aromatic rings. The summed E-state index contributed by atoms with van der Waals surface area (Å²) in [5.41, 5.74) is 1.71. The number of nitrogens with one attached hydrogen (secondary N) is 1. The molecule has 0 heterocycles. The minimum atomic E-state index is -3.82. The molecule has 1 atom stereocenters. The largest absolute Gasteiger partial charge is 0.352 e. The van der Waals surface area contributed by atoms with Crippen molar-refractivity contribution in [3.8, 4) is 0 Å². The van der Waals surface area contributed by atoms with Gasteiger partial charge in [0.05, 0.1) is 11.9 Å². The number of carbonyl (C=O) groups excluding carboxylic acids is 2. The van der Waals surface area contributed by atoms with Gasteiger partial charge < -0.3 is 10.2 Å². The molecule has 0 bridgehead atoms. The van der Waals surface area contributed by atoms with Gasteiger partial charge in [0.25, 0.3) is 0 Å². The molecular weight excluding hydrogens is 485 g/mol. The number of benzene rings is 2. The van der Waals surface area contributed by atoms with Crippen LogP contribution in [0.5, 0.6) is 0 Å². The topological polar surface area (TPSA) is 86.8 Å². The van der Waals surface area contributed by atoms with E-state index in [0.717, 1.165) is 16.1 Å². The van der Waals surface area contributed by atoms with E-state index >= 15 is 0 Å². The third-order valence-electron chi connectivity index (χ3n) is 4.98. The summed E-state index contributed by atoms with van der Waals surface area (Å²) in [6, 6.07) is 10.8. The number of carbonyl (C=O) groups is 2. The van der Waals surface area contributed by atoms with E-state index in [9.17, 15) is 18.0 Å². The standard InChI is InChI=1S/C23H29Cl2N3O4S/c1-15(2)26-23(30)17(4)27(13-18-7-10-19(24)11-8-18)22(29)14-28(33(5,31)32)21-12-20(25)9-6-16(21)3/h6-12,15,17H,13-14H2,1-5H3,(H,26,30)/t17-/m0/s1. The van der Waals surface area contributed by atoms with E-state index in [0.29, 0.717) is 21.3 Å². The summed E-state index contributed by atoms with van der Waals surface area (Å²) in [6.45, 7) is 6.62. The van der Waals surface area contributed by atoms with Crippen LogP contribution in [0.25, 0.3) is 0 Å². The third-order valence-corrected chi connectivity index (χ3v) is 6.60. The Morgan fingerprint density at radius 3 is 2.12 bits per heavy atom. The Bertz CT molecular complexity index is 1110. The van der Waals surface area contributed by atoms with Crippen molar-refractivity contribution < 1.29 is 18.0 Å². The van der Waals surface area contributed by atoms with Crippen LogP contribution in [0.2, 0.25) is 10.0 Å². The van der Waals surface area contributed by atoms with Gasteiger partial charge in [0.1, 0.15) is 12.6 Å². The average molecular weight is 514 g/mol. The minimum Gasteiger partial charge on any atom is -0.352 e. The molecule has 0 aromatic heterocycles. The van der Waals surface area contributed by atoms with Gasteiger partial charge in [-0.3, -0.25) is 13.9 Å². The lowest BCUT2D eigenvalue weighted by atomic mass is 10.1. The first-order valence-electron chi connectivity index (χ1n) is 10.4. The molecular formula is C23H29Cl2N3O4S. The molecule has 2 rings (SSSR count). The van der Waals surface area contributed by atoms with Crippen molar-refractivity contribution in [2.24, 2.45) is 0 Å². The Morgan fingerprint density at radius 2 is 1.58 bits per heavy atom. The highest BCUT2D eigenvalue weighted by molar-refractivity contribution is 7.92. The molecule has 180 valence electrons. The van der Waals surface area contributed by atoms with Crippen LogP contribution in [0.15, 0.2) is 42.5 Å². The Hall–Kier alpha value is -2.29. The number of hydrogen-bond donors (Lipinski definition) is 1. The van der Waals surface area contributed by atoms with Gasteiger partial charge >= 0.3 is 0 Å². The first kappa shape index (κ1) is 27.0. The summed E-state index contributed by atoms with van der Waals surface area (Å²) in [5.74, 6) is -0.863. The lowest BCUT2D eigenvalue weighted by Gasteiger charge is -2.32. The summed E-state index contributed by atoms with van der Waals surface area (Å²) in [7, 11) is -3.82. The predicted octanol–water partition coefficient (Wildman–Crippen LogP) is 4.01. The van der Waals surface area contributed by atoms with Gasteiger partial charge in [0.15, 0.2) is 0 Å². The van der Waals surface area contributed by atoms with E-state index in [2.05, 4.69) is 5.32 Å². The van der Waals surface area contributed by atoms with Crippen LogP contribution < -0.4 is 9.62 Å². The van der Waals surface area contributed by atoms with Crippen LogP contribution in [0.1, 0.15) is 31.9 Å². The van der Waals surface area contributed by atoms with Crippen molar-refractivity contribution in [2.45, 2.75) is 46.3 Å². The summed E-state index contributed by atoms with van der Waals surface area (Å²) < 4.78 is 26.2. The summed E-state index contributed by atoms with van der Waals surface area (Å²) in [6.07, 6.45) is 1.03. The van der Waals surface area contributed by atoms with Crippen LogP contribution in [0.3, 0.4) is 0 Å². The van der Waals surface area contributed by atoms with Gasteiger partial charge in [-0.2, -0.15) is 0 Å². The van der Waals surface area contributed by atoms with Gasteiger partial charge in [-0.15, -0.1) is 0 Å². The zero-order chi connectivity index (χ0) is 24.9. The first-order valence-corrected chi connectivity index (χ1v) is 13.0. The Morgan fingerprint density at radius 1 is 1.00 bits per heavy atom. The zero-order valence-electron chi connectivity index (χ0n) is 19.3. The van der Waals surface area contributed by atoms with Crippen LogP contribution >= 0.6 is 23.2 Å². The average Bonchev–Trinajstić information content (AvgIpc) is 2.71. The molecule has 2 aromatic carbocycles. The lowest BCUT2D eigenvalue weighted by Crippen LogP contribution is -2.52. The number of nitrogens with zero attached hydrogens (tertiary/aromatic N) is 2. The number of sulfonamides is 1. The number of hydrogen-bond acceptors (Lipinski definition) is 4. The fourth-order valence-corrected chi connectivity index (χ4v) is 4.41. The molecule has 0 radical (unpaired) electrons. The second-order valence-electron chi connectivity index (χ2n) is 8.19. The van der Waals surface area contributed by atoms with Crippen LogP contribution in [0.4, 0.5) is 5.69 Å². The first-order chi connectivity index (χ1) is 15.3. The molecule has 0 fully saturated rings. The van der Waals surface area contributed by atoms with Crippen molar-refractivity contribution in [3.05, 3.63) is 63.6 Å². The summed E-state index contributed by atoms with van der Waals surface area (Å²) in [5, 5.41) is 3.69. The van der Waals surface area contributed by atoms with E-state index in [1.54, 1.807) is 50.2 Å². The molecule has 0 aliphatic carbocycles. The maximum Gasteiger partial charge on any atom is 0.244 e. The van der Waals surface area contributed by atoms with Crippen LogP contribution in [-0.4, -0.2) is 50.0 Å². The Kier molecular flexibility index (Phi) is 9.17. The fraction of sp³-hybridized carbons (Fsp3) is 0.391. The van der Waals surface area contributed by atoms with E-state index in [-0.39, 0.29) is 18.5 Å². The quantitative estimate of drug-likeness (QED) is 0.548. The van der Waals surface area contributed by atoms with Gasteiger partial charge in [-0.25, -0.2) is 8.42 Å². The number of aryl methyl sites for hydroxylation is 1. The van der Waals surface area contributed by atoms with E-state index in [1.807, 2.05) is 13.8 Å². The van der Waals surface area contributed by atoms with Crippen molar-refractivity contribution in [2.75, 3.05) is 17.1 Å². The summed E-state index contributed by atoms with van der Waals surface area (Å²) >= 11 is 12.1. The van der Waals surface area contributed by atoms with Crippen LogP contribution in [-0.2, 0) is 26.2 Å². The van der Waals surface area contributed by atoms with Crippen molar-refractivity contribution in [1.82, 2.24) is 10.2 Å². The highest BCUT2D eigenvalue weighted by Crippen LogP contribution is 2.26.